The first kappa shape index (κ1) is 19.2. The molecule has 0 spiro atoms. The van der Waals surface area contributed by atoms with Gasteiger partial charge in [-0.25, -0.2) is 9.07 Å². The summed E-state index contributed by atoms with van der Waals surface area (Å²) >= 11 is 0. The van der Waals surface area contributed by atoms with Crippen molar-refractivity contribution < 1.29 is 9.18 Å². The van der Waals surface area contributed by atoms with Crippen LogP contribution >= 0.6 is 0 Å². The van der Waals surface area contributed by atoms with Crippen molar-refractivity contribution in [2.24, 2.45) is 0 Å². The minimum atomic E-state index is -0.362. The maximum absolute atomic E-state index is 13.6. The number of fused-ring (bicyclic) bond motifs is 1. The zero-order chi connectivity index (χ0) is 21.5. The first-order chi connectivity index (χ1) is 15.0. The van der Waals surface area contributed by atoms with Gasteiger partial charge in [-0.3, -0.25) is 9.59 Å². The largest absolute Gasteiger partial charge is 0.336 e. The molecule has 156 valence electrons. The van der Waals surface area contributed by atoms with Crippen LogP contribution in [0.1, 0.15) is 30.1 Å². The summed E-state index contributed by atoms with van der Waals surface area (Å²) in [4.78, 5) is 29.9. The molecule has 1 unspecified atom stereocenters. The number of aromatic amines is 1. The number of rotatable bonds is 3. The van der Waals surface area contributed by atoms with Crippen molar-refractivity contribution in [2.45, 2.75) is 25.8 Å². The minimum absolute atomic E-state index is 0.0487. The molecule has 1 saturated heterocycles. The molecule has 1 aliphatic heterocycles. The number of H-pyrrole nitrogens is 1. The maximum atomic E-state index is 13.6. The Labute approximate surface area is 177 Å². The van der Waals surface area contributed by atoms with Crippen LogP contribution in [-0.2, 0) is 0 Å². The number of nitrogens with one attached hydrogen (secondary N) is 1. The zero-order valence-corrected chi connectivity index (χ0v) is 17.0. The number of hydrogen-bond acceptors (Lipinski definition) is 3. The normalized spacial score (nSPS) is 16.2. The van der Waals surface area contributed by atoms with Crippen LogP contribution in [0.4, 0.5) is 4.39 Å². The van der Waals surface area contributed by atoms with Crippen molar-refractivity contribution in [1.82, 2.24) is 19.7 Å². The van der Waals surface area contributed by atoms with Crippen LogP contribution in [0.2, 0.25) is 0 Å². The first-order valence-electron chi connectivity index (χ1n) is 10.3. The first-order valence-corrected chi connectivity index (χ1v) is 10.3. The average Bonchev–Trinajstić information content (AvgIpc) is 3.42. The smallest absolute Gasteiger partial charge is 0.256 e. The Morgan fingerprint density at radius 3 is 2.71 bits per heavy atom. The predicted octanol–water partition coefficient (Wildman–Crippen LogP) is 4.14. The Kier molecular flexibility index (Phi) is 4.66. The fraction of sp³-hybridized carbons (Fsp3) is 0.208. The van der Waals surface area contributed by atoms with Gasteiger partial charge in [0, 0.05) is 40.8 Å². The molecular weight excluding hydrogens is 395 g/mol. The van der Waals surface area contributed by atoms with Crippen LogP contribution in [0.3, 0.4) is 0 Å². The molecule has 1 aliphatic rings. The van der Waals surface area contributed by atoms with Gasteiger partial charge in [0.15, 0.2) is 0 Å². The van der Waals surface area contributed by atoms with Crippen LogP contribution in [0.15, 0.2) is 65.7 Å². The number of likely N-dealkylation sites (tertiary alicyclic amines) is 1. The van der Waals surface area contributed by atoms with Crippen LogP contribution in [0.25, 0.3) is 27.7 Å². The third-order valence-electron chi connectivity index (χ3n) is 5.89. The number of carbonyl (C=O) groups is 1. The van der Waals surface area contributed by atoms with E-state index in [0.29, 0.717) is 27.6 Å². The van der Waals surface area contributed by atoms with Gasteiger partial charge in [-0.1, -0.05) is 0 Å². The number of halogens is 1. The number of pyridine rings is 1. The van der Waals surface area contributed by atoms with E-state index in [-0.39, 0.29) is 23.3 Å². The molecule has 0 aliphatic carbocycles. The molecule has 4 aromatic rings. The van der Waals surface area contributed by atoms with E-state index in [1.165, 1.54) is 12.1 Å². The van der Waals surface area contributed by atoms with E-state index >= 15 is 0 Å². The van der Waals surface area contributed by atoms with Gasteiger partial charge in [0.2, 0.25) is 0 Å². The van der Waals surface area contributed by atoms with Crippen molar-refractivity contribution in [3.8, 4) is 16.8 Å². The number of nitrogens with zero attached hydrogens (tertiary/aromatic N) is 3. The average molecular weight is 416 g/mol. The summed E-state index contributed by atoms with van der Waals surface area (Å²) in [5.74, 6) is -0.313. The Hall–Kier alpha value is -3.74. The summed E-state index contributed by atoms with van der Waals surface area (Å²) in [6.45, 7) is 2.88. The molecule has 31 heavy (non-hydrogen) atoms. The molecular formula is C24H21FN4O2. The van der Waals surface area contributed by atoms with Crippen molar-refractivity contribution in [3.63, 3.8) is 0 Å². The van der Waals surface area contributed by atoms with Gasteiger partial charge in [-0.2, -0.15) is 5.10 Å². The summed E-state index contributed by atoms with van der Waals surface area (Å²) in [7, 11) is 0. The second kappa shape index (κ2) is 7.50. The second-order valence-electron chi connectivity index (χ2n) is 7.95. The van der Waals surface area contributed by atoms with E-state index in [9.17, 15) is 14.0 Å². The standard InChI is InChI=1S/C24H21FN4O2/c1-15-3-2-10-28(15)24(31)16-4-7-20(8-5-16)29-14-18(13-26-29)21-12-17-11-19(25)6-9-22(17)27-23(21)30/h4-9,11-15H,2-3,10H2,1H3,(H,27,30). The lowest BCUT2D eigenvalue weighted by molar-refractivity contribution is 0.0747. The summed E-state index contributed by atoms with van der Waals surface area (Å²) in [5, 5.41) is 4.97. The highest BCUT2D eigenvalue weighted by Gasteiger charge is 2.25. The molecule has 0 bridgehead atoms. The Morgan fingerprint density at radius 1 is 1.16 bits per heavy atom. The lowest BCUT2D eigenvalue weighted by atomic mass is 10.1. The Morgan fingerprint density at radius 2 is 1.97 bits per heavy atom. The second-order valence-corrected chi connectivity index (χ2v) is 7.95. The molecule has 2 aromatic carbocycles. The van der Waals surface area contributed by atoms with Gasteiger partial charge in [0.25, 0.3) is 11.5 Å². The predicted molar refractivity (Wildman–Crippen MR) is 117 cm³/mol. The third-order valence-corrected chi connectivity index (χ3v) is 5.89. The van der Waals surface area contributed by atoms with Crippen LogP contribution in [-0.4, -0.2) is 38.2 Å². The molecule has 5 rings (SSSR count). The third kappa shape index (κ3) is 3.52. The quantitative estimate of drug-likeness (QED) is 0.546. The Bertz CT molecular complexity index is 1340. The highest BCUT2D eigenvalue weighted by atomic mass is 19.1. The Balaban J connectivity index is 1.43. The highest BCUT2D eigenvalue weighted by molar-refractivity contribution is 5.94. The van der Waals surface area contributed by atoms with Crippen LogP contribution in [0, 0.1) is 5.82 Å². The van der Waals surface area contributed by atoms with E-state index in [0.717, 1.165) is 25.1 Å². The zero-order valence-electron chi connectivity index (χ0n) is 17.0. The lowest BCUT2D eigenvalue weighted by Gasteiger charge is -2.21. The van der Waals surface area contributed by atoms with Crippen molar-refractivity contribution in [3.05, 3.63) is 82.7 Å². The van der Waals surface area contributed by atoms with Crippen molar-refractivity contribution in [2.75, 3.05) is 6.54 Å². The molecule has 6 nitrogen and oxygen atoms in total. The fourth-order valence-corrected chi connectivity index (χ4v) is 4.15. The fourth-order valence-electron chi connectivity index (χ4n) is 4.15. The molecule has 0 radical (unpaired) electrons. The number of aromatic nitrogens is 3. The van der Waals surface area contributed by atoms with E-state index in [2.05, 4.69) is 17.0 Å². The summed E-state index contributed by atoms with van der Waals surface area (Å²) < 4.78 is 15.2. The number of hydrogen-bond donors (Lipinski definition) is 1. The molecule has 1 fully saturated rings. The summed E-state index contributed by atoms with van der Waals surface area (Å²) in [5.41, 5.74) is 2.78. The van der Waals surface area contributed by atoms with E-state index in [4.69, 9.17) is 0 Å². The molecule has 1 amide bonds. The topological polar surface area (TPSA) is 71.0 Å². The maximum Gasteiger partial charge on any atom is 0.256 e. The van der Waals surface area contributed by atoms with Gasteiger partial charge in [-0.05, 0) is 68.3 Å². The van der Waals surface area contributed by atoms with Gasteiger partial charge < -0.3 is 9.88 Å². The van der Waals surface area contributed by atoms with E-state index < -0.39 is 0 Å². The number of amides is 1. The van der Waals surface area contributed by atoms with Gasteiger partial charge in [-0.15, -0.1) is 0 Å². The van der Waals surface area contributed by atoms with Gasteiger partial charge in [0.05, 0.1) is 17.4 Å². The van der Waals surface area contributed by atoms with E-state index in [1.54, 1.807) is 41.3 Å². The SMILES string of the molecule is CC1CCCN1C(=O)c1ccc(-n2cc(-c3cc4cc(F)ccc4[nH]c3=O)cn2)cc1. The summed E-state index contributed by atoms with van der Waals surface area (Å²) in [6, 6.07) is 13.5. The van der Waals surface area contributed by atoms with Gasteiger partial charge >= 0.3 is 0 Å². The lowest BCUT2D eigenvalue weighted by Crippen LogP contribution is -2.33. The van der Waals surface area contributed by atoms with Crippen molar-refractivity contribution in [1.29, 1.82) is 0 Å². The molecule has 1 N–H and O–H groups in total. The molecule has 1 atom stereocenters. The summed E-state index contributed by atoms with van der Waals surface area (Å²) in [6.07, 6.45) is 5.43. The molecule has 7 heteroatoms. The number of carbonyl (C=O) groups excluding carboxylic acids is 1. The molecule has 0 saturated carbocycles. The minimum Gasteiger partial charge on any atom is -0.336 e. The van der Waals surface area contributed by atoms with Crippen LogP contribution < -0.4 is 5.56 Å². The number of benzene rings is 2. The van der Waals surface area contributed by atoms with Gasteiger partial charge in [0.1, 0.15) is 5.82 Å². The van der Waals surface area contributed by atoms with Crippen LogP contribution in [0.5, 0.6) is 0 Å². The highest BCUT2D eigenvalue weighted by Crippen LogP contribution is 2.23. The molecule has 2 aromatic heterocycles. The monoisotopic (exact) mass is 416 g/mol. The van der Waals surface area contributed by atoms with E-state index in [1.807, 2.05) is 17.0 Å². The van der Waals surface area contributed by atoms with Crippen molar-refractivity contribution >= 4 is 16.8 Å². The molecule has 3 heterocycles.